The summed E-state index contributed by atoms with van der Waals surface area (Å²) in [5.74, 6) is -0.468. The van der Waals surface area contributed by atoms with Crippen molar-refractivity contribution in [1.82, 2.24) is 9.62 Å². The summed E-state index contributed by atoms with van der Waals surface area (Å²) in [6, 6.07) is 10.9. The maximum atomic E-state index is 13.2. The van der Waals surface area contributed by atoms with E-state index in [1.165, 1.54) is 22.5 Å². The third-order valence-corrected chi connectivity index (χ3v) is 6.33. The number of methoxy groups -OCH3 is 1. The fourth-order valence-corrected chi connectivity index (χ4v) is 4.35. The van der Waals surface area contributed by atoms with Crippen LogP contribution in [-0.2, 0) is 23.0 Å². The van der Waals surface area contributed by atoms with Gasteiger partial charge in [0, 0.05) is 25.2 Å². The highest BCUT2D eigenvalue weighted by molar-refractivity contribution is 7.89. The van der Waals surface area contributed by atoms with Crippen LogP contribution in [-0.4, -0.2) is 44.6 Å². The van der Waals surface area contributed by atoms with Crippen molar-refractivity contribution in [2.24, 2.45) is 0 Å². The lowest BCUT2D eigenvalue weighted by molar-refractivity contribution is 0.0955. The number of fused-ring (bicyclic) bond motifs is 1. The van der Waals surface area contributed by atoms with Crippen LogP contribution in [0.5, 0.6) is 5.75 Å². The molecule has 3 rings (SSSR count). The molecule has 0 atom stereocenters. The molecule has 0 unspecified atom stereocenters. The molecule has 0 aliphatic carbocycles. The van der Waals surface area contributed by atoms with Gasteiger partial charge in [0.2, 0.25) is 10.0 Å². The molecule has 0 fully saturated rings. The summed E-state index contributed by atoms with van der Waals surface area (Å²) in [5, 5.41) is 2.53. The smallest absolute Gasteiger partial charge is 0.251 e. The number of amides is 1. The molecule has 2 aromatic carbocycles. The second kappa shape index (κ2) is 8.06. The van der Waals surface area contributed by atoms with Crippen molar-refractivity contribution in [1.29, 1.82) is 0 Å². The molecule has 0 saturated heterocycles. The van der Waals surface area contributed by atoms with Gasteiger partial charge in [-0.25, -0.2) is 12.8 Å². The minimum absolute atomic E-state index is 0.0380. The number of hydrogen-bond donors (Lipinski definition) is 1. The number of sulfonamides is 1. The number of carbonyl (C=O) groups is 1. The van der Waals surface area contributed by atoms with Crippen molar-refractivity contribution in [2.45, 2.75) is 13.0 Å². The topological polar surface area (TPSA) is 75.7 Å². The van der Waals surface area contributed by atoms with Crippen molar-refractivity contribution >= 4 is 15.9 Å². The minimum atomic E-state index is -3.51. The summed E-state index contributed by atoms with van der Waals surface area (Å²) in [7, 11) is -1.92. The van der Waals surface area contributed by atoms with E-state index < -0.39 is 21.7 Å². The Bertz CT molecular complexity index is 946. The van der Waals surface area contributed by atoms with Gasteiger partial charge in [0.05, 0.1) is 12.9 Å². The first-order valence-electron chi connectivity index (χ1n) is 8.56. The zero-order valence-electron chi connectivity index (χ0n) is 14.9. The third-order valence-electron chi connectivity index (χ3n) is 4.52. The van der Waals surface area contributed by atoms with Gasteiger partial charge in [-0.2, -0.15) is 4.31 Å². The van der Waals surface area contributed by atoms with E-state index in [1.54, 1.807) is 7.11 Å². The Morgan fingerprint density at radius 2 is 2.04 bits per heavy atom. The molecule has 1 aliphatic heterocycles. The van der Waals surface area contributed by atoms with E-state index >= 15 is 0 Å². The molecule has 144 valence electrons. The van der Waals surface area contributed by atoms with Crippen molar-refractivity contribution in [3.8, 4) is 5.75 Å². The number of hydrogen-bond acceptors (Lipinski definition) is 4. The number of carbonyl (C=O) groups excluding carboxylic acids is 1. The number of halogens is 1. The number of nitrogens with zero attached hydrogens (tertiary/aromatic N) is 1. The second-order valence-corrected chi connectivity index (χ2v) is 8.39. The standard InChI is InChI=1S/C19H21FN2O4S/c1-26-18-6-5-16-13-22(9-7-14(16)12-18)27(24,25)10-8-21-19(23)15-3-2-4-17(20)11-15/h2-6,11-12H,7-10,13H2,1H3,(H,21,23). The largest absolute Gasteiger partial charge is 0.497 e. The van der Waals surface area contributed by atoms with Gasteiger partial charge in [-0.1, -0.05) is 12.1 Å². The van der Waals surface area contributed by atoms with E-state index in [0.717, 1.165) is 22.9 Å². The van der Waals surface area contributed by atoms with E-state index in [2.05, 4.69) is 5.32 Å². The first-order chi connectivity index (χ1) is 12.9. The Morgan fingerprint density at radius 1 is 1.22 bits per heavy atom. The molecule has 0 bridgehead atoms. The Labute approximate surface area is 158 Å². The van der Waals surface area contributed by atoms with Gasteiger partial charge in [0.1, 0.15) is 11.6 Å². The maximum absolute atomic E-state index is 13.2. The van der Waals surface area contributed by atoms with Gasteiger partial charge < -0.3 is 10.1 Å². The van der Waals surface area contributed by atoms with Crippen molar-refractivity contribution in [3.63, 3.8) is 0 Å². The molecular formula is C19H21FN2O4S. The van der Waals surface area contributed by atoms with Gasteiger partial charge in [-0.3, -0.25) is 4.79 Å². The van der Waals surface area contributed by atoms with Gasteiger partial charge in [0.15, 0.2) is 0 Å². The fourth-order valence-electron chi connectivity index (χ4n) is 3.02. The Balaban J connectivity index is 1.58. The summed E-state index contributed by atoms with van der Waals surface area (Å²) in [4.78, 5) is 12.0. The van der Waals surface area contributed by atoms with Crippen LogP contribution < -0.4 is 10.1 Å². The molecule has 0 spiro atoms. The normalized spacial score (nSPS) is 14.4. The quantitative estimate of drug-likeness (QED) is 0.815. The average Bonchev–Trinajstić information content (AvgIpc) is 2.66. The summed E-state index contributed by atoms with van der Waals surface area (Å²) in [5.41, 5.74) is 2.20. The van der Waals surface area contributed by atoms with Gasteiger partial charge in [-0.05, 0) is 47.9 Å². The highest BCUT2D eigenvalue weighted by Crippen LogP contribution is 2.25. The van der Waals surface area contributed by atoms with Gasteiger partial charge in [-0.15, -0.1) is 0 Å². The van der Waals surface area contributed by atoms with E-state index in [0.29, 0.717) is 19.5 Å². The van der Waals surface area contributed by atoms with E-state index in [4.69, 9.17) is 4.74 Å². The lowest BCUT2D eigenvalue weighted by Gasteiger charge is -2.28. The van der Waals surface area contributed by atoms with Gasteiger partial charge >= 0.3 is 0 Å². The van der Waals surface area contributed by atoms with Crippen LogP contribution in [0, 0.1) is 5.82 Å². The second-order valence-electron chi connectivity index (χ2n) is 6.30. The van der Waals surface area contributed by atoms with Crippen molar-refractivity contribution < 1.29 is 22.3 Å². The fraction of sp³-hybridized carbons (Fsp3) is 0.316. The van der Waals surface area contributed by atoms with Crippen LogP contribution in [0.3, 0.4) is 0 Å². The molecule has 6 nitrogen and oxygen atoms in total. The predicted octanol–water partition coefficient (Wildman–Crippen LogP) is 1.95. The summed E-state index contributed by atoms with van der Waals surface area (Å²) in [6.07, 6.45) is 0.613. The van der Waals surface area contributed by atoms with Crippen LogP contribution in [0.15, 0.2) is 42.5 Å². The zero-order valence-corrected chi connectivity index (χ0v) is 15.8. The first kappa shape index (κ1) is 19.3. The minimum Gasteiger partial charge on any atom is -0.497 e. The molecule has 1 aliphatic rings. The molecule has 1 heterocycles. The highest BCUT2D eigenvalue weighted by atomic mass is 32.2. The number of rotatable bonds is 6. The summed E-state index contributed by atoms with van der Waals surface area (Å²) < 4.78 is 44.9. The van der Waals surface area contributed by atoms with Crippen LogP contribution in [0.1, 0.15) is 21.5 Å². The maximum Gasteiger partial charge on any atom is 0.251 e. The highest BCUT2D eigenvalue weighted by Gasteiger charge is 2.26. The zero-order chi connectivity index (χ0) is 19.4. The monoisotopic (exact) mass is 392 g/mol. The molecule has 0 aromatic heterocycles. The van der Waals surface area contributed by atoms with E-state index in [9.17, 15) is 17.6 Å². The Kier molecular flexibility index (Phi) is 5.76. The molecule has 27 heavy (non-hydrogen) atoms. The van der Waals surface area contributed by atoms with Crippen LogP contribution in [0.2, 0.25) is 0 Å². The van der Waals surface area contributed by atoms with Gasteiger partial charge in [0.25, 0.3) is 5.91 Å². The number of benzene rings is 2. The van der Waals surface area contributed by atoms with Crippen LogP contribution in [0.4, 0.5) is 4.39 Å². The SMILES string of the molecule is COc1ccc2c(c1)CCN(S(=O)(=O)CCNC(=O)c1cccc(F)c1)C2. The van der Waals surface area contributed by atoms with Crippen LogP contribution >= 0.6 is 0 Å². The summed E-state index contributed by atoms with van der Waals surface area (Å²) in [6.45, 7) is 0.656. The molecule has 2 aromatic rings. The molecule has 0 saturated carbocycles. The molecular weight excluding hydrogens is 371 g/mol. The Hall–Kier alpha value is -2.45. The van der Waals surface area contributed by atoms with Crippen molar-refractivity contribution in [2.75, 3.05) is 26.0 Å². The predicted molar refractivity (Wildman–Crippen MR) is 99.6 cm³/mol. The van der Waals surface area contributed by atoms with Crippen molar-refractivity contribution in [3.05, 3.63) is 65.0 Å². The Morgan fingerprint density at radius 3 is 2.78 bits per heavy atom. The lowest BCUT2D eigenvalue weighted by atomic mass is 10.0. The summed E-state index contributed by atoms with van der Waals surface area (Å²) >= 11 is 0. The first-order valence-corrected chi connectivity index (χ1v) is 10.2. The molecule has 1 amide bonds. The van der Waals surface area contributed by atoms with Crippen LogP contribution in [0.25, 0.3) is 0 Å². The van der Waals surface area contributed by atoms with E-state index in [-0.39, 0.29) is 17.9 Å². The lowest BCUT2D eigenvalue weighted by Crippen LogP contribution is -2.40. The number of ether oxygens (including phenoxy) is 1. The number of nitrogens with one attached hydrogen (secondary N) is 1. The third kappa shape index (κ3) is 4.64. The average molecular weight is 392 g/mol. The molecule has 0 radical (unpaired) electrons. The molecule has 1 N–H and O–H groups in total. The van der Waals surface area contributed by atoms with E-state index in [1.807, 2.05) is 18.2 Å². The molecule has 8 heteroatoms.